The van der Waals surface area contributed by atoms with Crippen molar-refractivity contribution in [1.29, 1.82) is 0 Å². The molecule has 184 valence electrons. The molecule has 0 unspecified atom stereocenters. The van der Waals surface area contributed by atoms with Crippen LogP contribution in [0.2, 0.25) is 0 Å². The van der Waals surface area contributed by atoms with Crippen LogP contribution in [-0.4, -0.2) is 40.9 Å². The molecule has 0 aromatic heterocycles. The maximum absolute atomic E-state index is 13.5. The number of hydrogen-bond acceptors (Lipinski definition) is 5. The van der Waals surface area contributed by atoms with Gasteiger partial charge in [0.25, 0.3) is 0 Å². The van der Waals surface area contributed by atoms with Gasteiger partial charge >= 0.3 is 5.97 Å². The summed E-state index contributed by atoms with van der Waals surface area (Å²) in [5.41, 5.74) is 2.81. The predicted octanol–water partition coefficient (Wildman–Crippen LogP) is 4.54. The largest absolute Gasteiger partial charge is 0.458 e. The summed E-state index contributed by atoms with van der Waals surface area (Å²) in [4.78, 5) is 45.9. The minimum Gasteiger partial charge on any atom is -0.458 e. The van der Waals surface area contributed by atoms with Gasteiger partial charge in [0.05, 0.1) is 6.61 Å². The number of esters is 1. The third-order valence-electron chi connectivity index (χ3n) is 5.67. The molecule has 1 fully saturated rings. The van der Waals surface area contributed by atoms with E-state index < -0.39 is 17.6 Å². The standard InChI is InChI=1S/C26H40N2O5/c1-5-6-8-15-21(18-23(29)27-32-19-20-13-9-7-10-14-20)24(30)28-17-12-11-16-22(28)25(31)33-26(2,3)4/h7,9-10,13-14,21-22H,5-6,8,11-12,15-19H2,1-4H3,(H,27,29)/t21-,22-/m0/s1. The highest BCUT2D eigenvalue weighted by Crippen LogP contribution is 2.25. The molecule has 0 radical (unpaired) electrons. The molecule has 1 aliphatic rings. The van der Waals surface area contributed by atoms with Gasteiger partial charge in [0.2, 0.25) is 11.8 Å². The lowest BCUT2D eigenvalue weighted by atomic mass is 9.93. The Bertz CT molecular complexity index is 760. The number of carbonyl (C=O) groups is 3. The molecule has 1 aliphatic heterocycles. The number of benzene rings is 1. The van der Waals surface area contributed by atoms with E-state index >= 15 is 0 Å². The number of carbonyl (C=O) groups excluding carboxylic acids is 3. The molecule has 2 atom stereocenters. The highest BCUT2D eigenvalue weighted by molar-refractivity contribution is 5.89. The van der Waals surface area contributed by atoms with Crippen LogP contribution >= 0.6 is 0 Å². The molecule has 0 spiro atoms. The summed E-state index contributed by atoms with van der Waals surface area (Å²) in [5, 5.41) is 0. The van der Waals surface area contributed by atoms with Gasteiger partial charge in [0, 0.05) is 18.9 Å². The zero-order valence-corrected chi connectivity index (χ0v) is 20.6. The second kappa shape index (κ2) is 13.3. The summed E-state index contributed by atoms with van der Waals surface area (Å²) in [6.45, 7) is 8.35. The first-order valence-electron chi connectivity index (χ1n) is 12.2. The Balaban J connectivity index is 2.01. The van der Waals surface area contributed by atoms with Gasteiger partial charge in [-0.05, 0) is 52.0 Å². The number of nitrogens with one attached hydrogen (secondary N) is 1. The number of hydrogen-bond donors (Lipinski definition) is 1. The Morgan fingerprint density at radius 1 is 1.12 bits per heavy atom. The van der Waals surface area contributed by atoms with E-state index in [4.69, 9.17) is 9.57 Å². The number of piperidine rings is 1. The van der Waals surface area contributed by atoms with Gasteiger partial charge in [0.15, 0.2) is 0 Å². The summed E-state index contributed by atoms with van der Waals surface area (Å²) in [5.74, 6) is -1.31. The third kappa shape index (κ3) is 9.54. The zero-order chi connectivity index (χ0) is 24.3. The fourth-order valence-corrected chi connectivity index (χ4v) is 4.04. The van der Waals surface area contributed by atoms with Gasteiger partial charge in [-0.1, -0.05) is 56.5 Å². The molecule has 1 aromatic carbocycles. The van der Waals surface area contributed by atoms with Gasteiger partial charge in [-0.15, -0.1) is 0 Å². The van der Waals surface area contributed by atoms with Crippen LogP contribution in [0.15, 0.2) is 30.3 Å². The number of likely N-dealkylation sites (tertiary alicyclic amines) is 1. The Morgan fingerprint density at radius 2 is 1.85 bits per heavy atom. The summed E-state index contributed by atoms with van der Waals surface area (Å²) in [6.07, 6.45) is 5.83. The average molecular weight is 461 g/mol. The van der Waals surface area contributed by atoms with Gasteiger partial charge in [-0.3, -0.25) is 14.4 Å². The molecule has 0 aliphatic carbocycles. The average Bonchev–Trinajstić information content (AvgIpc) is 2.77. The van der Waals surface area contributed by atoms with E-state index in [-0.39, 0.29) is 30.8 Å². The number of nitrogens with zero attached hydrogens (tertiary/aromatic N) is 1. The van der Waals surface area contributed by atoms with Gasteiger partial charge < -0.3 is 9.64 Å². The summed E-state index contributed by atoms with van der Waals surface area (Å²) < 4.78 is 5.58. The van der Waals surface area contributed by atoms with Crippen LogP contribution in [-0.2, 0) is 30.6 Å². The molecule has 2 amide bonds. The number of hydroxylamine groups is 1. The second-order valence-electron chi connectivity index (χ2n) is 9.77. The number of amides is 2. The van der Waals surface area contributed by atoms with Gasteiger partial charge in [-0.25, -0.2) is 10.3 Å². The molecule has 1 heterocycles. The molecule has 7 nitrogen and oxygen atoms in total. The molecule has 0 bridgehead atoms. The lowest BCUT2D eigenvalue weighted by Gasteiger charge is -2.37. The lowest BCUT2D eigenvalue weighted by Crippen LogP contribution is -2.52. The van der Waals surface area contributed by atoms with Crippen molar-refractivity contribution in [3.8, 4) is 0 Å². The van der Waals surface area contributed by atoms with E-state index in [9.17, 15) is 14.4 Å². The van der Waals surface area contributed by atoms with E-state index in [0.29, 0.717) is 19.4 Å². The summed E-state index contributed by atoms with van der Waals surface area (Å²) in [6, 6.07) is 8.97. The van der Waals surface area contributed by atoms with Crippen molar-refractivity contribution < 1.29 is 24.0 Å². The van der Waals surface area contributed by atoms with Crippen molar-refractivity contribution in [1.82, 2.24) is 10.4 Å². The van der Waals surface area contributed by atoms with Crippen molar-refractivity contribution in [3.05, 3.63) is 35.9 Å². The fourth-order valence-electron chi connectivity index (χ4n) is 4.04. The van der Waals surface area contributed by atoms with Gasteiger partial charge in [0.1, 0.15) is 11.6 Å². The Hall–Kier alpha value is -2.41. The topological polar surface area (TPSA) is 84.9 Å². The van der Waals surface area contributed by atoms with Crippen LogP contribution in [0.1, 0.15) is 84.6 Å². The van der Waals surface area contributed by atoms with Crippen LogP contribution in [0.3, 0.4) is 0 Å². The number of unbranched alkanes of at least 4 members (excludes halogenated alkanes) is 2. The van der Waals surface area contributed by atoms with Crippen LogP contribution in [0.25, 0.3) is 0 Å². The van der Waals surface area contributed by atoms with Crippen molar-refractivity contribution in [2.75, 3.05) is 6.54 Å². The number of ether oxygens (including phenoxy) is 1. The molecular weight excluding hydrogens is 420 g/mol. The van der Waals surface area contributed by atoms with Gasteiger partial charge in [-0.2, -0.15) is 0 Å². The smallest absolute Gasteiger partial charge is 0.329 e. The molecule has 2 rings (SSSR count). The molecule has 1 aromatic rings. The van der Waals surface area contributed by atoms with E-state index in [0.717, 1.165) is 37.7 Å². The van der Waals surface area contributed by atoms with Crippen LogP contribution in [0, 0.1) is 5.92 Å². The molecular formula is C26H40N2O5. The van der Waals surface area contributed by atoms with Crippen molar-refractivity contribution in [2.24, 2.45) is 5.92 Å². The first kappa shape index (κ1) is 26.8. The van der Waals surface area contributed by atoms with Crippen molar-refractivity contribution in [3.63, 3.8) is 0 Å². The minimum atomic E-state index is -0.611. The van der Waals surface area contributed by atoms with E-state index in [1.165, 1.54) is 0 Å². The lowest BCUT2D eigenvalue weighted by molar-refractivity contribution is -0.167. The van der Waals surface area contributed by atoms with Crippen LogP contribution in [0.4, 0.5) is 0 Å². The highest BCUT2D eigenvalue weighted by atomic mass is 16.6. The normalized spacial score (nSPS) is 17.3. The van der Waals surface area contributed by atoms with E-state index in [1.807, 2.05) is 51.1 Å². The van der Waals surface area contributed by atoms with Crippen LogP contribution < -0.4 is 5.48 Å². The Morgan fingerprint density at radius 3 is 2.52 bits per heavy atom. The zero-order valence-electron chi connectivity index (χ0n) is 20.6. The third-order valence-corrected chi connectivity index (χ3v) is 5.67. The first-order valence-corrected chi connectivity index (χ1v) is 12.2. The second-order valence-corrected chi connectivity index (χ2v) is 9.77. The maximum atomic E-state index is 13.5. The van der Waals surface area contributed by atoms with Crippen LogP contribution in [0.5, 0.6) is 0 Å². The molecule has 0 saturated carbocycles. The van der Waals surface area contributed by atoms with E-state index in [1.54, 1.807) is 4.90 Å². The Kier molecular flexibility index (Phi) is 10.8. The monoisotopic (exact) mass is 460 g/mol. The van der Waals surface area contributed by atoms with E-state index in [2.05, 4.69) is 12.4 Å². The molecule has 1 N–H and O–H groups in total. The quantitative estimate of drug-likeness (QED) is 0.298. The molecule has 1 saturated heterocycles. The maximum Gasteiger partial charge on any atom is 0.329 e. The first-order chi connectivity index (χ1) is 15.7. The SMILES string of the molecule is CCCCC[C@@H](CC(=O)NOCc1ccccc1)C(=O)N1CCCC[C@H]1C(=O)OC(C)(C)C. The predicted molar refractivity (Wildman–Crippen MR) is 127 cm³/mol. The summed E-state index contributed by atoms with van der Waals surface area (Å²) >= 11 is 0. The molecule has 7 heteroatoms. The summed E-state index contributed by atoms with van der Waals surface area (Å²) in [7, 11) is 0. The highest BCUT2D eigenvalue weighted by Gasteiger charge is 2.38. The minimum absolute atomic E-state index is 0.0366. The fraction of sp³-hybridized carbons (Fsp3) is 0.654. The molecule has 33 heavy (non-hydrogen) atoms. The van der Waals surface area contributed by atoms with Crippen molar-refractivity contribution in [2.45, 2.75) is 97.3 Å². The number of rotatable bonds is 11. The Labute approximate surface area is 198 Å². The van der Waals surface area contributed by atoms with Crippen molar-refractivity contribution >= 4 is 17.8 Å².